The molecule has 2 atom stereocenters. The average Bonchev–Trinajstić information content (AvgIpc) is 2.69. The van der Waals surface area contributed by atoms with Gasteiger partial charge in [-0.3, -0.25) is 9.69 Å². The molecule has 152 valence electrons. The minimum absolute atomic E-state index is 0.0913. The summed E-state index contributed by atoms with van der Waals surface area (Å²) in [4.78, 5) is 15.3. The molecule has 1 aliphatic rings. The molecule has 2 heterocycles. The zero-order valence-corrected chi connectivity index (χ0v) is 17.1. The Hall–Kier alpha value is -2.79. The number of piperidine rings is 1. The molecule has 4 rings (SSSR count). The lowest BCUT2D eigenvalue weighted by molar-refractivity contribution is 0.133. The lowest BCUT2D eigenvalue weighted by atomic mass is 9.91. The first-order chi connectivity index (χ1) is 14.0. The Morgan fingerprint density at radius 1 is 1.14 bits per heavy atom. The molecule has 5 heteroatoms. The van der Waals surface area contributed by atoms with Gasteiger partial charge >= 0.3 is 0 Å². The number of methoxy groups -OCH3 is 1. The maximum atomic E-state index is 13.0. The van der Waals surface area contributed by atoms with Gasteiger partial charge < -0.3 is 14.3 Å². The van der Waals surface area contributed by atoms with Crippen molar-refractivity contribution < 1.29 is 14.3 Å². The quantitative estimate of drug-likeness (QED) is 0.699. The number of ether oxygens (including phenoxy) is 1. The van der Waals surface area contributed by atoms with E-state index in [0.29, 0.717) is 46.4 Å². The van der Waals surface area contributed by atoms with Crippen molar-refractivity contribution in [3.8, 4) is 22.8 Å². The van der Waals surface area contributed by atoms with Crippen LogP contribution in [-0.4, -0.2) is 30.2 Å². The van der Waals surface area contributed by atoms with E-state index in [-0.39, 0.29) is 11.2 Å². The second-order valence-corrected chi connectivity index (χ2v) is 8.26. The van der Waals surface area contributed by atoms with E-state index in [0.717, 1.165) is 18.7 Å². The van der Waals surface area contributed by atoms with Crippen LogP contribution < -0.4 is 10.2 Å². The van der Waals surface area contributed by atoms with E-state index in [1.807, 2.05) is 30.3 Å². The zero-order valence-electron chi connectivity index (χ0n) is 17.1. The minimum atomic E-state index is -0.177. The number of phenols is 1. The second-order valence-electron chi connectivity index (χ2n) is 8.26. The summed E-state index contributed by atoms with van der Waals surface area (Å²) in [5.74, 6) is 2.09. The fourth-order valence-electron chi connectivity index (χ4n) is 4.54. The van der Waals surface area contributed by atoms with E-state index in [4.69, 9.17) is 9.15 Å². The molecule has 1 N–H and O–H groups in total. The molecule has 0 aliphatic carbocycles. The first-order valence-electron chi connectivity index (χ1n) is 10.1. The first kappa shape index (κ1) is 19.5. The van der Waals surface area contributed by atoms with Crippen LogP contribution in [0.1, 0.15) is 25.8 Å². The SMILES string of the molecule is COc1cc(O)c(CN2C[C@H](C)C[C@@H](C)C2)c2oc(-c3ccccc3)cc(=O)c12. The van der Waals surface area contributed by atoms with Gasteiger partial charge in [0.25, 0.3) is 0 Å². The number of fused-ring (bicyclic) bond motifs is 1. The van der Waals surface area contributed by atoms with E-state index in [1.165, 1.54) is 25.7 Å². The topological polar surface area (TPSA) is 62.9 Å². The van der Waals surface area contributed by atoms with Crippen LogP contribution in [0, 0.1) is 11.8 Å². The third kappa shape index (κ3) is 3.87. The number of hydrogen-bond donors (Lipinski definition) is 1. The fourth-order valence-corrected chi connectivity index (χ4v) is 4.54. The van der Waals surface area contributed by atoms with Crippen LogP contribution >= 0.6 is 0 Å². The number of rotatable bonds is 4. The zero-order chi connectivity index (χ0) is 20.5. The molecule has 1 saturated heterocycles. The minimum Gasteiger partial charge on any atom is -0.507 e. The van der Waals surface area contributed by atoms with Gasteiger partial charge in [0.2, 0.25) is 0 Å². The van der Waals surface area contributed by atoms with Gasteiger partial charge in [0.1, 0.15) is 22.6 Å². The number of phenolic OH excluding ortho intramolecular Hbond substituents is 1. The van der Waals surface area contributed by atoms with Crippen LogP contribution in [-0.2, 0) is 6.54 Å². The molecule has 1 fully saturated rings. The van der Waals surface area contributed by atoms with Gasteiger partial charge in [-0.25, -0.2) is 0 Å². The van der Waals surface area contributed by atoms with E-state index in [2.05, 4.69) is 18.7 Å². The standard InChI is InChI=1S/C24H27NO4/c1-15-9-16(2)13-25(12-15)14-18-19(26)10-22(28-3)23-20(27)11-21(29-24(18)23)17-7-5-4-6-8-17/h4-8,10-11,15-16,26H,9,12-14H2,1-3H3/t15-,16-/m1/s1. The Bertz CT molecular complexity index is 1060. The summed E-state index contributed by atoms with van der Waals surface area (Å²) in [7, 11) is 1.49. The number of hydrogen-bond acceptors (Lipinski definition) is 5. The number of aromatic hydroxyl groups is 1. The van der Waals surface area contributed by atoms with Gasteiger partial charge in [-0.05, 0) is 18.3 Å². The summed E-state index contributed by atoms with van der Waals surface area (Å²) in [6.45, 7) is 6.95. The molecule has 0 amide bonds. The Kier molecular flexibility index (Phi) is 5.33. The monoisotopic (exact) mass is 393 g/mol. The van der Waals surface area contributed by atoms with Crippen molar-refractivity contribution >= 4 is 11.0 Å². The van der Waals surface area contributed by atoms with Crippen LogP contribution in [0.4, 0.5) is 0 Å². The molecule has 0 radical (unpaired) electrons. The Morgan fingerprint density at radius 3 is 2.48 bits per heavy atom. The van der Waals surface area contributed by atoms with E-state index in [1.54, 1.807) is 0 Å². The second kappa shape index (κ2) is 7.91. The Morgan fingerprint density at radius 2 is 1.83 bits per heavy atom. The largest absolute Gasteiger partial charge is 0.507 e. The van der Waals surface area contributed by atoms with E-state index < -0.39 is 0 Å². The van der Waals surface area contributed by atoms with Crippen molar-refractivity contribution in [1.29, 1.82) is 0 Å². The molecule has 0 saturated carbocycles. The predicted molar refractivity (Wildman–Crippen MR) is 114 cm³/mol. The van der Waals surface area contributed by atoms with Gasteiger partial charge in [-0.15, -0.1) is 0 Å². The predicted octanol–water partition coefficient (Wildman–Crippen LogP) is 4.65. The van der Waals surface area contributed by atoms with Crippen LogP contribution in [0.15, 0.2) is 51.7 Å². The number of nitrogens with zero attached hydrogens (tertiary/aromatic N) is 1. The molecule has 0 spiro atoms. The summed E-state index contributed by atoms with van der Waals surface area (Å²) in [5, 5.41) is 11.1. The molecular weight excluding hydrogens is 366 g/mol. The molecule has 3 aromatic rings. The third-order valence-corrected chi connectivity index (χ3v) is 5.65. The van der Waals surface area contributed by atoms with Crippen LogP contribution in [0.5, 0.6) is 11.5 Å². The lowest BCUT2D eigenvalue weighted by Gasteiger charge is -2.35. The highest BCUT2D eigenvalue weighted by molar-refractivity contribution is 5.89. The van der Waals surface area contributed by atoms with Crippen LogP contribution in [0.25, 0.3) is 22.3 Å². The van der Waals surface area contributed by atoms with Gasteiger partial charge in [0, 0.05) is 37.3 Å². The maximum absolute atomic E-state index is 13.0. The van der Waals surface area contributed by atoms with Gasteiger partial charge in [0.15, 0.2) is 11.0 Å². The molecule has 0 unspecified atom stereocenters. The number of likely N-dealkylation sites (tertiary alicyclic amines) is 1. The average molecular weight is 393 g/mol. The van der Waals surface area contributed by atoms with Crippen LogP contribution in [0.3, 0.4) is 0 Å². The van der Waals surface area contributed by atoms with Crippen molar-refractivity contribution in [2.45, 2.75) is 26.8 Å². The highest BCUT2D eigenvalue weighted by Gasteiger charge is 2.25. The van der Waals surface area contributed by atoms with E-state index in [9.17, 15) is 9.90 Å². The lowest BCUT2D eigenvalue weighted by Crippen LogP contribution is -2.38. The van der Waals surface area contributed by atoms with Gasteiger partial charge in [-0.2, -0.15) is 0 Å². The van der Waals surface area contributed by atoms with Crippen molar-refractivity contribution in [3.05, 3.63) is 58.3 Å². The summed E-state index contributed by atoms with van der Waals surface area (Å²) in [5.41, 5.74) is 1.68. The highest BCUT2D eigenvalue weighted by atomic mass is 16.5. The summed E-state index contributed by atoms with van der Waals surface area (Å²) in [6.07, 6.45) is 1.21. The van der Waals surface area contributed by atoms with Crippen molar-refractivity contribution in [3.63, 3.8) is 0 Å². The normalized spacial score (nSPS) is 20.1. The molecule has 0 bridgehead atoms. The van der Waals surface area contributed by atoms with Gasteiger partial charge in [-0.1, -0.05) is 44.2 Å². The van der Waals surface area contributed by atoms with E-state index >= 15 is 0 Å². The Labute approximate surface area is 170 Å². The highest BCUT2D eigenvalue weighted by Crippen LogP contribution is 2.37. The Balaban J connectivity index is 1.87. The molecule has 5 nitrogen and oxygen atoms in total. The summed E-state index contributed by atoms with van der Waals surface area (Å²) in [6, 6.07) is 12.5. The fraction of sp³-hybridized carbons (Fsp3) is 0.375. The first-order valence-corrected chi connectivity index (χ1v) is 10.1. The third-order valence-electron chi connectivity index (χ3n) is 5.65. The maximum Gasteiger partial charge on any atom is 0.197 e. The molecule has 2 aromatic carbocycles. The molecular formula is C24H27NO4. The smallest absolute Gasteiger partial charge is 0.197 e. The summed E-state index contributed by atoms with van der Waals surface area (Å²) < 4.78 is 11.6. The molecule has 1 aliphatic heterocycles. The van der Waals surface area contributed by atoms with Crippen molar-refractivity contribution in [2.75, 3.05) is 20.2 Å². The summed E-state index contributed by atoms with van der Waals surface area (Å²) >= 11 is 0. The van der Waals surface area contributed by atoms with Gasteiger partial charge in [0.05, 0.1) is 12.7 Å². The molecule has 29 heavy (non-hydrogen) atoms. The van der Waals surface area contributed by atoms with Crippen molar-refractivity contribution in [2.24, 2.45) is 11.8 Å². The van der Waals surface area contributed by atoms with Crippen molar-refractivity contribution in [1.82, 2.24) is 4.90 Å². The number of benzene rings is 2. The van der Waals surface area contributed by atoms with Crippen LogP contribution in [0.2, 0.25) is 0 Å². The molecule has 1 aromatic heterocycles.